The van der Waals surface area contributed by atoms with E-state index in [2.05, 4.69) is 24.0 Å². The van der Waals surface area contributed by atoms with Gasteiger partial charge in [-0.1, -0.05) is 37.7 Å². The van der Waals surface area contributed by atoms with Crippen LogP contribution in [-0.2, 0) is 6.54 Å². The number of benzene rings is 2. The smallest absolute Gasteiger partial charge is 0.262 e. The summed E-state index contributed by atoms with van der Waals surface area (Å²) in [5.74, 6) is 2.31. The number of para-hydroxylation sites is 1. The Morgan fingerprint density at radius 3 is 2.70 bits per heavy atom. The van der Waals surface area contributed by atoms with E-state index in [4.69, 9.17) is 9.47 Å². The number of aromatic nitrogens is 4. The lowest BCUT2D eigenvalue weighted by atomic mass is 10.1. The van der Waals surface area contributed by atoms with Gasteiger partial charge < -0.3 is 9.47 Å². The third kappa shape index (κ3) is 4.08. The van der Waals surface area contributed by atoms with Gasteiger partial charge >= 0.3 is 0 Å². The maximum atomic E-state index is 13.1. The van der Waals surface area contributed by atoms with Gasteiger partial charge in [0.15, 0.2) is 22.4 Å². The van der Waals surface area contributed by atoms with Gasteiger partial charge in [-0.2, -0.15) is 0 Å². The van der Waals surface area contributed by atoms with E-state index in [0.29, 0.717) is 59.1 Å². The summed E-state index contributed by atoms with van der Waals surface area (Å²) in [4.78, 5) is 26.0. The summed E-state index contributed by atoms with van der Waals surface area (Å²) < 4.78 is 14.7. The summed E-state index contributed by atoms with van der Waals surface area (Å²) >= 11 is 1.30. The van der Waals surface area contributed by atoms with Crippen LogP contribution in [0.2, 0.25) is 0 Å². The topological polar surface area (TPSA) is 87.7 Å². The SMILES string of the molecule is CC(C)CCn1c(=O)c2ccccc2n2c(SCC(=O)c3ccc4c(c3)OCCO4)nnc12. The number of thioether (sulfide) groups is 1. The van der Waals surface area contributed by atoms with E-state index in [-0.39, 0.29) is 17.1 Å². The first-order valence-electron chi connectivity index (χ1n) is 11.0. The molecule has 0 saturated carbocycles. The summed E-state index contributed by atoms with van der Waals surface area (Å²) in [6.07, 6.45) is 0.853. The zero-order chi connectivity index (χ0) is 22.9. The van der Waals surface area contributed by atoms with Gasteiger partial charge in [0, 0.05) is 12.1 Å². The van der Waals surface area contributed by atoms with E-state index in [0.717, 1.165) is 11.9 Å². The molecule has 0 N–H and O–H groups in total. The molecule has 1 aliphatic rings. The first-order valence-corrected chi connectivity index (χ1v) is 11.9. The number of fused-ring (bicyclic) bond motifs is 4. The monoisotopic (exact) mass is 464 g/mol. The molecule has 2 aromatic heterocycles. The number of hydrogen-bond donors (Lipinski definition) is 0. The molecule has 33 heavy (non-hydrogen) atoms. The number of nitrogens with zero attached hydrogens (tertiary/aromatic N) is 4. The van der Waals surface area contributed by atoms with Crippen LogP contribution in [0.1, 0.15) is 30.6 Å². The van der Waals surface area contributed by atoms with Gasteiger partial charge in [0.25, 0.3) is 5.56 Å². The lowest BCUT2D eigenvalue weighted by Crippen LogP contribution is -2.24. The predicted molar refractivity (Wildman–Crippen MR) is 127 cm³/mol. The third-order valence-corrected chi connectivity index (χ3v) is 6.53. The molecular formula is C24H24N4O4S. The molecule has 170 valence electrons. The van der Waals surface area contributed by atoms with Crippen LogP contribution in [0.15, 0.2) is 52.4 Å². The molecule has 0 spiro atoms. The highest BCUT2D eigenvalue weighted by Crippen LogP contribution is 2.31. The zero-order valence-electron chi connectivity index (χ0n) is 18.5. The Morgan fingerprint density at radius 2 is 1.88 bits per heavy atom. The lowest BCUT2D eigenvalue weighted by molar-refractivity contribution is 0.102. The van der Waals surface area contributed by atoms with Gasteiger partial charge in [0.2, 0.25) is 5.78 Å². The average Bonchev–Trinajstić information content (AvgIpc) is 3.26. The molecule has 0 atom stereocenters. The molecule has 5 rings (SSSR count). The highest BCUT2D eigenvalue weighted by molar-refractivity contribution is 7.99. The molecule has 3 heterocycles. The second kappa shape index (κ2) is 8.90. The van der Waals surface area contributed by atoms with Crippen molar-refractivity contribution >= 4 is 34.2 Å². The van der Waals surface area contributed by atoms with E-state index in [1.807, 2.05) is 28.7 Å². The summed E-state index contributed by atoms with van der Waals surface area (Å²) in [5.41, 5.74) is 1.21. The van der Waals surface area contributed by atoms with E-state index >= 15 is 0 Å². The minimum Gasteiger partial charge on any atom is -0.486 e. The Kier molecular flexibility index (Phi) is 5.80. The largest absolute Gasteiger partial charge is 0.486 e. The standard InChI is InChI=1S/C24H24N4O4S/c1-15(2)9-10-27-22(30)17-5-3-4-6-18(17)28-23(27)25-26-24(28)33-14-19(29)16-7-8-20-21(13-16)32-12-11-31-20/h3-8,13,15H,9-12,14H2,1-2H3. The van der Waals surface area contributed by atoms with Crippen LogP contribution in [0.3, 0.4) is 0 Å². The maximum absolute atomic E-state index is 13.1. The van der Waals surface area contributed by atoms with Crippen molar-refractivity contribution in [2.45, 2.75) is 32.0 Å². The molecule has 0 saturated heterocycles. The van der Waals surface area contributed by atoms with Gasteiger partial charge in [-0.15, -0.1) is 10.2 Å². The molecular weight excluding hydrogens is 440 g/mol. The van der Waals surface area contributed by atoms with Crippen LogP contribution in [-0.4, -0.2) is 43.9 Å². The number of carbonyl (C=O) groups is 1. The molecule has 0 unspecified atom stereocenters. The van der Waals surface area contributed by atoms with Crippen molar-refractivity contribution in [3.05, 3.63) is 58.4 Å². The lowest BCUT2D eigenvalue weighted by Gasteiger charge is -2.18. The van der Waals surface area contributed by atoms with Crippen LogP contribution in [0.5, 0.6) is 11.5 Å². The second-order valence-electron chi connectivity index (χ2n) is 8.34. The molecule has 0 bridgehead atoms. The van der Waals surface area contributed by atoms with Gasteiger partial charge in [0.1, 0.15) is 13.2 Å². The van der Waals surface area contributed by atoms with Crippen LogP contribution >= 0.6 is 11.8 Å². The first-order chi connectivity index (χ1) is 16.0. The summed E-state index contributed by atoms with van der Waals surface area (Å²) in [7, 11) is 0. The number of Topliss-reactive ketones (excluding diaryl/α,β-unsaturated/α-hetero) is 1. The van der Waals surface area contributed by atoms with Crippen molar-refractivity contribution in [1.29, 1.82) is 0 Å². The van der Waals surface area contributed by atoms with E-state index < -0.39 is 0 Å². The fourth-order valence-electron chi connectivity index (χ4n) is 3.85. The number of hydrogen-bond acceptors (Lipinski definition) is 7. The molecule has 8 nitrogen and oxygen atoms in total. The highest BCUT2D eigenvalue weighted by Gasteiger charge is 2.19. The Morgan fingerprint density at radius 1 is 1.09 bits per heavy atom. The number of carbonyl (C=O) groups excluding carboxylic acids is 1. The van der Waals surface area contributed by atoms with Gasteiger partial charge in [-0.25, -0.2) is 0 Å². The predicted octanol–water partition coefficient (Wildman–Crippen LogP) is 3.84. The Labute approximate surface area is 194 Å². The van der Waals surface area contributed by atoms with Crippen molar-refractivity contribution in [2.75, 3.05) is 19.0 Å². The van der Waals surface area contributed by atoms with Gasteiger partial charge in [-0.3, -0.25) is 18.6 Å². The van der Waals surface area contributed by atoms with Crippen molar-refractivity contribution in [2.24, 2.45) is 5.92 Å². The average molecular weight is 465 g/mol. The molecule has 0 amide bonds. The molecule has 0 fully saturated rings. The maximum Gasteiger partial charge on any atom is 0.262 e. The number of ketones is 1. The third-order valence-electron chi connectivity index (χ3n) is 5.60. The van der Waals surface area contributed by atoms with Gasteiger partial charge in [-0.05, 0) is 42.7 Å². The van der Waals surface area contributed by atoms with E-state index in [9.17, 15) is 9.59 Å². The molecule has 1 aliphatic heterocycles. The molecule has 9 heteroatoms. The quantitative estimate of drug-likeness (QED) is 0.303. The fraction of sp³-hybridized carbons (Fsp3) is 0.333. The van der Waals surface area contributed by atoms with E-state index in [1.54, 1.807) is 22.8 Å². The fourth-order valence-corrected chi connectivity index (χ4v) is 4.68. The summed E-state index contributed by atoms with van der Waals surface area (Å²) in [6, 6.07) is 12.7. The Balaban J connectivity index is 1.47. The zero-order valence-corrected chi connectivity index (χ0v) is 19.3. The van der Waals surface area contributed by atoms with Crippen LogP contribution in [0, 0.1) is 5.92 Å². The first kappa shape index (κ1) is 21.5. The highest BCUT2D eigenvalue weighted by atomic mass is 32.2. The van der Waals surface area contributed by atoms with Crippen LogP contribution in [0.25, 0.3) is 16.7 Å². The molecule has 2 aromatic carbocycles. The molecule has 4 aromatic rings. The van der Waals surface area contributed by atoms with Crippen molar-refractivity contribution in [3.63, 3.8) is 0 Å². The minimum atomic E-state index is -0.0740. The van der Waals surface area contributed by atoms with Crippen molar-refractivity contribution < 1.29 is 14.3 Å². The minimum absolute atomic E-state index is 0.0499. The second-order valence-corrected chi connectivity index (χ2v) is 9.29. The normalized spacial score (nSPS) is 13.2. The van der Waals surface area contributed by atoms with Crippen molar-refractivity contribution in [1.82, 2.24) is 19.2 Å². The number of aryl methyl sites for hydroxylation is 1. The molecule has 0 aliphatic carbocycles. The van der Waals surface area contributed by atoms with Crippen LogP contribution in [0.4, 0.5) is 0 Å². The summed E-state index contributed by atoms with van der Waals surface area (Å²) in [5, 5.41) is 9.83. The van der Waals surface area contributed by atoms with Crippen LogP contribution < -0.4 is 15.0 Å². The Bertz CT molecular complexity index is 1410. The number of ether oxygens (including phenoxy) is 2. The van der Waals surface area contributed by atoms with Gasteiger partial charge in [0.05, 0.1) is 16.7 Å². The van der Waals surface area contributed by atoms with E-state index in [1.165, 1.54) is 11.8 Å². The molecule has 0 radical (unpaired) electrons. The number of rotatable bonds is 7. The Hall–Kier alpha value is -3.33. The van der Waals surface area contributed by atoms with Crippen molar-refractivity contribution in [3.8, 4) is 11.5 Å². The summed E-state index contributed by atoms with van der Waals surface area (Å²) in [6.45, 7) is 5.78.